The zero-order chi connectivity index (χ0) is 12.4. The summed E-state index contributed by atoms with van der Waals surface area (Å²) in [4.78, 5) is 4.40. The molecule has 0 aliphatic heterocycles. The van der Waals surface area contributed by atoms with E-state index < -0.39 is 0 Å². The molecule has 4 heteroatoms. The highest BCUT2D eigenvalue weighted by atomic mass is 32.1. The predicted octanol–water partition coefficient (Wildman–Crippen LogP) is 3.58. The summed E-state index contributed by atoms with van der Waals surface area (Å²) in [6, 6.07) is 15.3. The smallest absolute Gasteiger partial charge is 0.279 e. The zero-order valence-electron chi connectivity index (χ0n) is 9.54. The molecule has 3 rings (SSSR count). The van der Waals surface area contributed by atoms with Crippen LogP contribution in [0.15, 0.2) is 48.5 Å². The van der Waals surface area contributed by atoms with Gasteiger partial charge < -0.3 is 9.84 Å². The Bertz CT molecular complexity index is 645. The van der Waals surface area contributed by atoms with Gasteiger partial charge in [0.15, 0.2) is 0 Å². The highest BCUT2D eigenvalue weighted by molar-refractivity contribution is 7.20. The summed E-state index contributed by atoms with van der Waals surface area (Å²) < 4.78 is 6.80. The van der Waals surface area contributed by atoms with E-state index >= 15 is 0 Å². The van der Waals surface area contributed by atoms with Gasteiger partial charge in [-0.3, -0.25) is 0 Å². The van der Waals surface area contributed by atoms with E-state index in [1.807, 2.05) is 48.5 Å². The molecular formula is C14H11NO2S. The van der Waals surface area contributed by atoms with Gasteiger partial charge in [-0.15, -0.1) is 0 Å². The number of fused-ring (bicyclic) bond motifs is 1. The number of aliphatic hydroxyl groups excluding tert-OH is 1. The lowest BCUT2D eigenvalue weighted by Gasteiger charge is -2.02. The van der Waals surface area contributed by atoms with Crippen LogP contribution in [0.5, 0.6) is 10.9 Å². The number of hydrogen-bond donors (Lipinski definition) is 1. The Labute approximate surface area is 108 Å². The number of hydrogen-bond acceptors (Lipinski definition) is 4. The summed E-state index contributed by atoms with van der Waals surface area (Å²) in [5.41, 5.74) is 1.77. The van der Waals surface area contributed by atoms with Crippen LogP contribution in [0.2, 0.25) is 0 Å². The molecule has 0 bridgehead atoms. The van der Waals surface area contributed by atoms with Crippen LogP contribution in [0.1, 0.15) is 5.56 Å². The fourth-order valence-electron chi connectivity index (χ4n) is 1.70. The molecule has 0 atom stereocenters. The van der Waals surface area contributed by atoms with Crippen LogP contribution < -0.4 is 4.74 Å². The summed E-state index contributed by atoms with van der Waals surface area (Å²) in [6.45, 7) is 0.0110. The van der Waals surface area contributed by atoms with Gasteiger partial charge in [0.1, 0.15) is 5.75 Å². The third kappa shape index (κ3) is 2.20. The average molecular weight is 257 g/mol. The molecule has 0 aliphatic carbocycles. The molecule has 0 saturated heterocycles. The highest BCUT2D eigenvalue weighted by Gasteiger charge is 2.05. The van der Waals surface area contributed by atoms with Gasteiger partial charge in [-0.05, 0) is 29.8 Å². The van der Waals surface area contributed by atoms with Gasteiger partial charge in [0.05, 0.1) is 16.8 Å². The van der Waals surface area contributed by atoms with Crippen molar-refractivity contribution in [2.75, 3.05) is 0 Å². The molecule has 3 nitrogen and oxygen atoms in total. The first-order chi connectivity index (χ1) is 8.85. The van der Waals surface area contributed by atoms with Crippen molar-refractivity contribution in [2.24, 2.45) is 0 Å². The van der Waals surface area contributed by atoms with Gasteiger partial charge in [-0.2, -0.15) is 0 Å². The third-order valence-corrected chi connectivity index (χ3v) is 3.47. The Kier molecular flexibility index (Phi) is 2.96. The number of nitrogens with zero attached hydrogens (tertiary/aromatic N) is 1. The normalized spacial score (nSPS) is 10.7. The minimum absolute atomic E-state index is 0.0110. The van der Waals surface area contributed by atoms with Crippen molar-refractivity contribution >= 4 is 21.6 Å². The molecule has 1 N–H and O–H groups in total. The van der Waals surface area contributed by atoms with E-state index in [1.165, 1.54) is 11.3 Å². The maximum Gasteiger partial charge on any atom is 0.279 e. The fraction of sp³-hybridized carbons (Fsp3) is 0.0714. The summed E-state index contributed by atoms with van der Waals surface area (Å²) in [5.74, 6) is 0.695. The van der Waals surface area contributed by atoms with Gasteiger partial charge >= 0.3 is 0 Å². The second-order valence-electron chi connectivity index (χ2n) is 3.86. The SMILES string of the molecule is OCc1cccc(Oc2nc3ccccc3s2)c1. The Morgan fingerprint density at radius 2 is 2.00 bits per heavy atom. The van der Waals surface area contributed by atoms with Crippen LogP contribution in [-0.2, 0) is 6.61 Å². The Hall–Kier alpha value is -1.91. The summed E-state index contributed by atoms with van der Waals surface area (Å²) in [6.07, 6.45) is 0. The lowest BCUT2D eigenvalue weighted by atomic mass is 10.2. The van der Waals surface area contributed by atoms with Crippen LogP contribution in [0.3, 0.4) is 0 Å². The third-order valence-electron chi connectivity index (χ3n) is 2.56. The van der Waals surface area contributed by atoms with Crippen molar-refractivity contribution < 1.29 is 9.84 Å². The van der Waals surface area contributed by atoms with E-state index in [1.54, 1.807) is 0 Å². The molecular weight excluding hydrogens is 246 g/mol. The molecule has 0 spiro atoms. The molecule has 0 saturated carbocycles. The predicted molar refractivity (Wildman–Crippen MR) is 72.1 cm³/mol. The number of benzene rings is 2. The van der Waals surface area contributed by atoms with Gasteiger partial charge in [-0.1, -0.05) is 35.6 Å². The van der Waals surface area contributed by atoms with Crippen molar-refractivity contribution in [3.8, 4) is 10.9 Å². The Morgan fingerprint density at radius 1 is 1.11 bits per heavy atom. The van der Waals surface area contributed by atoms with E-state index in [4.69, 9.17) is 9.84 Å². The number of thiazole rings is 1. The van der Waals surface area contributed by atoms with Crippen LogP contribution in [0.25, 0.3) is 10.2 Å². The quantitative estimate of drug-likeness (QED) is 0.779. The highest BCUT2D eigenvalue weighted by Crippen LogP contribution is 2.31. The minimum Gasteiger partial charge on any atom is -0.431 e. The van der Waals surface area contributed by atoms with Crippen LogP contribution in [-0.4, -0.2) is 10.1 Å². The summed E-state index contributed by atoms with van der Waals surface area (Å²) in [7, 11) is 0. The van der Waals surface area contributed by atoms with E-state index in [0.717, 1.165) is 15.8 Å². The molecule has 0 amide bonds. The molecule has 0 fully saturated rings. The number of aliphatic hydroxyl groups is 1. The number of ether oxygens (including phenoxy) is 1. The number of aromatic nitrogens is 1. The van der Waals surface area contributed by atoms with E-state index in [-0.39, 0.29) is 6.61 Å². The van der Waals surface area contributed by atoms with Gasteiger partial charge in [-0.25, -0.2) is 4.98 Å². The van der Waals surface area contributed by atoms with Crippen LogP contribution >= 0.6 is 11.3 Å². The van der Waals surface area contributed by atoms with Gasteiger partial charge in [0.25, 0.3) is 5.19 Å². The van der Waals surface area contributed by atoms with Crippen molar-refractivity contribution in [3.05, 3.63) is 54.1 Å². The largest absolute Gasteiger partial charge is 0.431 e. The topological polar surface area (TPSA) is 42.4 Å². The molecule has 2 aromatic carbocycles. The molecule has 90 valence electrons. The Balaban J connectivity index is 1.91. The van der Waals surface area contributed by atoms with E-state index in [9.17, 15) is 0 Å². The lowest BCUT2D eigenvalue weighted by molar-refractivity contribution is 0.281. The van der Waals surface area contributed by atoms with Crippen molar-refractivity contribution in [1.29, 1.82) is 0 Å². The van der Waals surface area contributed by atoms with Crippen molar-refractivity contribution in [1.82, 2.24) is 4.98 Å². The molecule has 3 aromatic rings. The van der Waals surface area contributed by atoms with E-state index in [0.29, 0.717) is 10.9 Å². The first kappa shape index (κ1) is 11.2. The summed E-state index contributed by atoms with van der Waals surface area (Å²) in [5, 5.41) is 9.69. The number of para-hydroxylation sites is 1. The van der Waals surface area contributed by atoms with E-state index in [2.05, 4.69) is 4.98 Å². The maximum atomic E-state index is 9.07. The number of rotatable bonds is 3. The zero-order valence-corrected chi connectivity index (χ0v) is 10.4. The lowest BCUT2D eigenvalue weighted by Crippen LogP contribution is -1.86. The molecule has 0 aliphatic rings. The standard InChI is InChI=1S/C14H11NO2S/c16-9-10-4-3-5-11(8-10)17-14-15-12-6-1-2-7-13(12)18-14/h1-8,16H,9H2. The average Bonchev–Trinajstić information content (AvgIpc) is 2.81. The Morgan fingerprint density at radius 3 is 2.83 bits per heavy atom. The van der Waals surface area contributed by atoms with Gasteiger partial charge in [0.2, 0.25) is 0 Å². The van der Waals surface area contributed by atoms with Gasteiger partial charge in [0, 0.05) is 0 Å². The second kappa shape index (κ2) is 4.76. The van der Waals surface area contributed by atoms with Crippen molar-refractivity contribution in [2.45, 2.75) is 6.61 Å². The monoisotopic (exact) mass is 257 g/mol. The maximum absolute atomic E-state index is 9.07. The molecule has 0 radical (unpaired) electrons. The molecule has 1 heterocycles. The molecule has 1 aromatic heterocycles. The van der Waals surface area contributed by atoms with Crippen LogP contribution in [0, 0.1) is 0 Å². The summed E-state index contributed by atoms with van der Waals surface area (Å²) >= 11 is 1.51. The molecule has 18 heavy (non-hydrogen) atoms. The minimum atomic E-state index is 0.0110. The molecule has 0 unspecified atom stereocenters. The van der Waals surface area contributed by atoms with Crippen molar-refractivity contribution in [3.63, 3.8) is 0 Å². The van der Waals surface area contributed by atoms with Crippen LogP contribution in [0.4, 0.5) is 0 Å². The first-order valence-electron chi connectivity index (χ1n) is 5.58. The first-order valence-corrected chi connectivity index (χ1v) is 6.40. The fourth-order valence-corrected chi connectivity index (χ4v) is 2.54. The second-order valence-corrected chi connectivity index (χ2v) is 4.85.